The van der Waals surface area contributed by atoms with Crippen LogP contribution in [0.3, 0.4) is 0 Å². The van der Waals surface area contributed by atoms with E-state index in [9.17, 15) is 28.1 Å². The standard InChI is InChI=1S/C29H33ClN4O6S/c1-4-21(2)31-29(36)27(17-22-10-6-5-7-11-22)32(19-23-12-8-13-24(30)16-23)28(35)20-33(41(3,39)40)25-14-9-15-26(18-25)34(37)38/h5-16,18,21,27H,4,17,19-20H2,1-3H3,(H,31,36). The fourth-order valence-electron chi connectivity index (χ4n) is 4.20. The largest absolute Gasteiger partial charge is 0.352 e. The number of hydrogen-bond donors (Lipinski definition) is 1. The molecule has 3 aromatic carbocycles. The van der Waals surface area contributed by atoms with E-state index in [4.69, 9.17) is 11.6 Å². The van der Waals surface area contributed by atoms with E-state index >= 15 is 0 Å². The Bertz CT molecular complexity index is 1490. The Balaban J connectivity index is 2.08. The molecular formula is C29H33ClN4O6S. The SMILES string of the molecule is CCC(C)NC(=O)C(Cc1ccccc1)N(Cc1cccc(Cl)c1)C(=O)CN(c1cccc([N+](=O)[O-])c1)S(C)(=O)=O. The highest BCUT2D eigenvalue weighted by Gasteiger charge is 2.33. The summed E-state index contributed by atoms with van der Waals surface area (Å²) in [5.74, 6) is -1.05. The molecular weight excluding hydrogens is 568 g/mol. The Labute approximate surface area is 245 Å². The number of anilines is 1. The third kappa shape index (κ3) is 9.02. The van der Waals surface area contributed by atoms with E-state index in [2.05, 4.69) is 5.32 Å². The molecule has 2 unspecified atom stereocenters. The highest BCUT2D eigenvalue weighted by atomic mass is 35.5. The molecule has 2 atom stereocenters. The molecule has 0 aliphatic rings. The quantitative estimate of drug-likeness (QED) is 0.226. The highest BCUT2D eigenvalue weighted by molar-refractivity contribution is 7.92. The topological polar surface area (TPSA) is 130 Å². The van der Waals surface area contributed by atoms with Crippen LogP contribution in [0.2, 0.25) is 5.02 Å². The molecule has 0 heterocycles. The number of nitrogens with zero attached hydrogens (tertiary/aromatic N) is 3. The number of nitrogens with one attached hydrogen (secondary N) is 1. The summed E-state index contributed by atoms with van der Waals surface area (Å²) in [6, 6.07) is 19.9. The molecule has 41 heavy (non-hydrogen) atoms. The number of sulfonamides is 1. The molecule has 0 radical (unpaired) electrons. The van der Waals surface area contributed by atoms with E-state index in [0.29, 0.717) is 17.0 Å². The minimum atomic E-state index is -4.05. The van der Waals surface area contributed by atoms with Gasteiger partial charge in [0, 0.05) is 36.2 Å². The Morgan fingerprint density at radius 3 is 2.27 bits per heavy atom. The van der Waals surface area contributed by atoms with Gasteiger partial charge in [-0.15, -0.1) is 0 Å². The predicted molar refractivity (Wildman–Crippen MR) is 159 cm³/mol. The molecule has 0 fully saturated rings. The van der Waals surface area contributed by atoms with Gasteiger partial charge in [-0.25, -0.2) is 8.42 Å². The Kier molecular flexibility index (Phi) is 10.8. The summed E-state index contributed by atoms with van der Waals surface area (Å²) in [6.07, 6.45) is 1.75. The van der Waals surface area contributed by atoms with E-state index in [1.54, 1.807) is 24.3 Å². The third-order valence-electron chi connectivity index (χ3n) is 6.52. The maximum Gasteiger partial charge on any atom is 0.271 e. The van der Waals surface area contributed by atoms with Gasteiger partial charge in [-0.1, -0.05) is 67.1 Å². The summed E-state index contributed by atoms with van der Waals surface area (Å²) < 4.78 is 26.5. The van der Waals surface area contributed by atoms with Crippen LogP contribution < -0.4 is 9.62 Å². The average Bonchev–Trinajstić information content (AvgIpc) is 2.93. The summed E-state index contributed by atoms with van der Waals surface area (Å²) in [7, 11) is -4.05. The zero-order valence-corrected chi connectivity index (χ0v) is 24.6. The van der Waals surface area contributed by atoms with Crippen molar-refractivity contribution in [3.63, 3.8) is 0 Å². The number of benzene rings is 3. The summed E-state index contributed by atoms with van der Waals surface area (Å²) in [5, 5.41) is 14.7. The molecule has 0 aliphatic carbocycles. The first-order valence-electron chi connectivity index (χ1n) is 13.0. The summed E-state index contributed by atoms with van der Waals surface area (Å²) in [5.41, 5.74) is 1.08. The van der Waals surface area contributed by atoms with Crippen LogP contribution in [0, 0.1) is 10.1 Å². The fraction of sp³-hybridized carbons (Fsp3) is 0.310. The molecule has 1 N–H and O–H groups in total. The van der Waals surface area contributed by atoms with Gasteiger partial charge >= 0.3 is 0 Å². The van der Waals surface area contributed by atoms with E-state index in [-0.39, 0.29) is 36.3 Å². The Morgan fingerprint density at radius 1 is 1.00 bits per heavy atom. The van der Waals surface area contributed by atoms with Crippen molar-refractivity contribution in [3.05, 3.63) is 105 Å². The van der Waals surface area contributed by atoms with Crippen molar-refractivity contribution >= 4 is 44.8 Å². The first-order chi connectivity index (χ1) is 19.4. The molecule has 0 saturated heterocycles. The lowest BCUT2D eigenvalue weighted by molar-refractivity contribution is -0.384. The van der Waals surface area contributed by atoms with E-state index in [0.717, 1.165) is 22.2 Å². The smallest absolute Gasteiger partial charge is 0.271 e. The van der Waals surface area contributed by atoms with Gasteiger partial charge in [-0.3, -0.25) is 24.0 Å². The van der Waals surface area contributed by atoms with Gasteiger partial charge in [0.2, 0.25) is 21.8 Å². The minimum Gasteiger partial charge on any atom is -0.352 e. The number of carbonyl (C=O) groups is 2. The second-order valence-electron chi connectivity index (χ2n) is 9.72. The van der Waals surface area contributed by atoms with Crippen molar-refractivity contribution in [2.24, 2.45) is 0 Å². The second-order valence-corrected chi connectivity index (χ2v) is 12.1. The number of amides is 2. The van der Waals surface area contributed by atoms with Gasteiger partial charge in [0.05, 0.1) is 16.9 Å². The van der Waals surface area contributed by atoms with Crippen molar-refractivity contribution in [1.82, 2.24) is 10.2 Å². The van der Waals surface area contributed by atoms with Crippen LogP contribution in [0.25, 0.3) is 0 Å². The van der Waals surface area contributed by atoms with Gasteiger partial charge in [0.1, 0.15) is 12.6 Å². The zero-order valence-electron chi connectivity index (χ0n) is 23.1. The van der Waals surface area contributed by atoms with Gasteiger partial charge in [-0.2, -0.15) is 0 Å². The minimum absolute atomic E-state index is 0.0304. The van der Waals surface area contributed by atoms with Crippen LogP contribution in [0.5, 0.6) is 0 Å². The van der Waals surface area contributed by atoms with Crippen LogP contribution in [-0.2, 0) is 32.6 Å². The molecule has 0 spiro atoms. The number of nitro groups is 1. The van der Waals surface area contributed by atoms with Crippen molar-refractivity contribution in [1.29, 1.82) is 0 Å². The monoisotopic (exact) mass is 600 g/mol. The lowest BCUT2D eigenvalue weighted by Crippen LogP contribution is -2.54. The number of rotatable bonds is 13. The Morgan fingerprint density at radius 2 is 1.66 bits per heavy atom. The van der Waals surface area contributed by atoms with Gasteiger partial charge in [0.15, 0.2) is 0 Å². The summed E-state index contributed by atoms with van der Waals surface area (Å²) in [4.78, 5) is 39.7. The number of hydrogen-bond acceptors (Lipinski definition) is 6. The molecule has 12 heteroatoms. The van der Waals surface area contributed by atoms with Gasteiger partial charge in [-0.05, 0) is 42.7 Å². The van der Waals surface area contributed by atoms with Crippen molar-refractivity contribution < 1.29 is 22.9 Å². The van der Waals surface area contributed by atoms with Crippen molar-refractivity contribution in [3.8, 4) is 0 Å². The van der Waals surface area contributed by atoms with Crippen molar-refractivity contribution in [2.45, 2.75) is 45.3 Å². The maximum atomic E-state index is 14.0. The van der Waals surface area contributed by atoms with E-state index in [1.807, 2.05) is 44.2 Å². The maximum absolute atomic E-state index is 14.0. The molecule has 218 valence electrons. The fourth-order valence-corrected chi connectivity index (χ4v) is 5.26. The normalized spacial score (nSPS) is 12.7. The second kappa shape index (κ2) is 14.1. The molecule has 0 aromatic heterocycles. The lowest BCUT2D eigenvalue weighted by atomic mass is 10.0. The van der Waals surface area contributed by atoms with E-state index in [1.165, 1.54) is 23.1 Å². The lowest BCUT2D eigenvalue weighted by Gasteiger charge is -2.34. The molecule has 10 nitrogen and oxygen atoms in total. The third-order valence-corrected chi connectivity index (χ3v) is 7.90. The summed E-state index contributed by atoms with van der Waals surface area (Å²) in [6.45, 7) is 3.07. The zero-order chi connectivity index (χ0) is 30.2. The number of nitro benzene ring substituents is 1. The van der Waals surface area contributed by atoms with Crippen LogP contribution in [0.15, 0.2) is 78.9 Å². The summed E-state index contributed by atoms with van der Waals surface area (Å²) >= 11 is 6.21. The van der Waals surface area contributed by atoms with Crippen LogP contribution in [-0.4, -0.2) is 54.9 Å². The van der Waals surface area contributed by atoms with E-state index < -0.39 is 33.4 Å². The number of non-ortho nitro benzene ring substituents is 1. The van der Waals surface area contributed by atoms with Crippen LogP contribution >= 0.6 is 11.6 Å². The first kappa shape index (κ1) is 31.6. The van der Waals surface area contributed by atoms with Gasteiger partial charge in [0.25, 0.3) is 5.69 Å². The molecule has 3 rings (SSSR count). The van der Waals surface area contributed by atoms with Crippen LogP contribution in [0.4, 0.5) is 11.4 Å². The molecule has 0 bridgehead atoms. The average molecular weight is 601 g/mol. The highest BCUT2D eigenvalue weighted by Crippen LogP contribution is 2.24. The number of carbonyl (C=O) groups excluding carboxylic acids is 2. The Hall–Kier alpha value is -3.96. The van der Waals surface area contributed by atoms with Crippen LogP contribution in [0.1, 0.15) is 31.4 Å². The predicted octanol–water partition coefficient (Wildman–Crippen LogP) is 4.57. The number of halogens is 1. The molecule has 3 aromatic rings. The molecule has 2 amide bonds. The molecule has 0 saturated carbocycles. The van der Waals surface area contributed by atoms with Gasteiger partial charge < -0.3 is 10.2 Å². The first-order valence-corrected chi connectivity index (χ1v) is 15.2. The van der Waals surface area contributed by atoms with Crippen molar-refractivity contribution in [2.75, 3.05) is 17.1 Å². The molecule has 0 aliphatic heterocycles.